The highest BCUT2D eigenvalue weighted by molar-refractivity contribution is 7.99. The summed E-state index contributed by atoms with van der Waals surface area (Å²) in [5.41, 5.74) is 0.633. The zero-order valence-corrected chi connectivity index (χ0v) is 12.8. The molecule has 1 aromatic carbocycles. The minimum absolute atomic E-state index is 0.0521. The number of hydrogen-bond acceptors (Lipinski definition) is 4. The molecule has 0 aliphatic rings. The van der Waals surface area contributed by atoms with Gasteiger partial charge in [-0.1, -0.05) is 12.1 Å². The number of para-hydroxylation sites is 1. The molecule has 0 heterocycles. The van der Waals surface area contributed by atoms with Gasteiger partial charge in [-0.25, -0.2) is 13.1 Å². The largest absolute Gasteiger partial charge is 0.383 e. The van der Waals surface area contributed by atoms with Gasteiger partial charge in [-0.3, -0.25) is 0 Å². The molecule has 18 heavy (non-hydrogen) atoms. The van der Waals surface area contributed by atoms with Crippen LogP contribution in [0.3, 0.4) is 0 Å². The summed E-state index contributed by atoms with van der Waals surface area (Å²) in [4.78, 5) is 0.282. The molecule has 102 valence electrons. The van der Waals surface area contributed by atoms with E-state index in [4.69, 9.17) is 0 Å². The Morgan fingerprint density at radius 3 is 2.44 bits per heavy atom. The van der Waals surface area contributed by atoms with Crippen LogP contribution in [-0.2, 0) is 10.0 Å². The summed E-state index contributed by atoms with van der Waals surface area (Å²) in [5.74, 6) is 0. The number of benzene rings is 1. The first-order valence-corrected chi connectivity index (χ1v) is 8.35. The Morgan fingerprint density at radius 2 is 1.89 bits per heavy atom. The maximum Gasteiger partial charge on any atom is 0.242 e. The van der Waals surface area contributed by atoms with E-state index in [0.717, 1.165) is 0 Å². The summed E-state index contributed by atoms with van der Waals surface area (Å²) in [6.45, 7) is 4.92. The zero-order valence-electron chi connectivity index (χ0n) is 11.1. The molecule has 0 spiro atoms. The lowest BCUT2D eigenvalue weighted by molar-refractivity contribution is 0.588. The van der Waals surface area contributed by atoms with E-state index in [0.29, 0.717) is 12.2 Å². The number of nitrogens with one attached hydrogen (secondary N) is 2. The van der Waals surface area contributed by atoms with Crippen molar-refractivity contribution in [2.75, 3.05) is 25.2 Å². The molecule has 4 nitrogen and oxygen atoms in total. The van der Waals surface area contributed by atoms with E-state index in [-0.39, 0.29) is 9.64 Å². The third-order valence-corrected chi connectivity index (χ3v) is 5.42. The molecule has 0 saturated carbocycles. The summed E-state index contributed by atoms with van der Waals surface area (Å²) < 4.78 is 26.1. The quantitative estimate of drug-likeness (QED) is 0.842. The lowest BCUT2D eigenvalue weighted by atomic mass is 10.2. The summed E-state index contributed by atoms with van der Waals surface area (Å²) in [7, 11) is -2.01. The van der Waals surface area contributed by atoms with Crippen molar-refractivity contribution in [3.63, 3.8) is 0 Å². The van der Waals surface area contributed by atoms with Gasteiger partial charge >= 0.3 is 0 Å². The van der Waals surface area contributed by atoms with Gasteiger partial charge in [0.2, 0.25) is 10.0 Å². The minimum atomic E-state index is -3.42. The van der Waals surface area contributed by atoms with Crippen LogP contribution in [0.5, 0.6) is 0 Å². The number of sulfonamides is 1. The first kappa shape index (κ1) is 15.3. The van der Waals surface area contributed by atoms with Crippen LogP contribution >= 0.6 is 11.8 Å². The molecule has 0 fully saturated rings. The summed E-state index contributed by atoms with van der Waals surface area (Å²) in [6, 6.07) is 6.92. The smallest absolute Gasteiger partial charge is 0.242 e. The number of thioether (sulfide) groups is 1. The summed E-state index contributed by atoms with van der Waals surface area (Å²) >= 11 is 1.74. The predicted molar refractivity (Wildman–Crippen MR) is 78.8 cm³/mol. The third kappa shape index (κ3) is 3.90. The SMILES string of the molecule is CNS(=O)(=O)c1ccccc1NCC(C)(C)SC. The average molecular weight is 288 g/mol. The molecule has 0 saturated heterocycles. The first-order chi connectivity index (χ1) is 8.32. The lowest BCUT2D eigenvalue weighted by Crippen LogP contribution is -2.27. The second kappa shape index (κ2) is 5.95. The Labute approximate surface area is 114 Å². The van der Waals surface area contributed by atoms with Crippen molar-refractivity contribution < 1.29 is 8.42 Å². The van der Waals surface area contributed by atoms with Gasteiger partial charge < -0.3 is 5.32 Å². The Bertz CT molecular complexity index is 499. The molecule has 0 atom stereocenters. The molecule has 1 rings (SSSR count). The van der Waals surface area contributed by atoms with E-state index in [1.807, 2.05) is 12.3 Å². The highest BCUT2D eigenvalue weighted by Gasteiger charge is 2.19. The van der Waals surface area contributed by atoms with Gasteiger partial charge in [0.1, 0.15) is 4.90 Å². The van der Waals surface area contributed by atoms with Crippen molar-refractivity contribution in [2.45, 2.75) is 23.5 Å². The van der Waals surface area contributed by atoms with E-state index in [2.05, 4.69) is 23.9 Å². The zero-order chi connectivity index (χ0) is 13.8. The molecule has 1 aromatic rings. The standard InChI is InChI=1S/C12H20N2O2S2/c1-12(2,17-4)9-14-10-7-5-6-8-11(10)18(15,16)13-3/h5-8,13-14H,9H2,1-4H3. The van der Waals surface area contributed by atoms with Gasteiger partial charge in [0.25, 0.3) is 0 Å². The van der Waals surface area contributed by atoms with Gasteiger partial charge in [0.05, 0.1) is 5.69 Å². The van der Waals surface area contributed by atoms with Crippen molar-refractivity contribution >= 4 is 27.5 Å². The molecule has 0 unspecified atom stereocenters. The molecule has 6 heteroatoms. The fraction of sp³-hybridized carbons (Fsp3) is 0.500. The topological polar surface area (TPSA) is 58.2 Å². The van der Waals surface area contributed by atoms with Gasteiger partial charge in [-0.15, -0.1) is 0 Å². The molecule has 0 aliphatic carbocycles. The molecule has 0 amide bonds. The Morgan fingerprint density at radius 1 is 1.28 bits per heavy atom. The predicted octanol–water partition coefficient (Wildman–Crippen LogP) is 2.15. The molecule has 0 aromatic heterocycles. The number of rotatable bonds is 6. The van der Waals surface area contributed by atoms with Crippen LogP contribution < -0.4 is 10.0 Å². The normalized spacial score (nSPS) is 12.4. The van der Waals surface area contributed by atoms with E-state index < -0.39 is 10.0 Å². The molecule has 0 aliphatic heterocycles. The highest BCUT2D eigenvalue weighted by Crippen LogP contribution is 2.25. The number of anilines is 1. The van der Waals surface area contributed by atoms with Crippen molar-refractivity contribution in [2.24, 2.45) is 0 Å². The fourth-order valence-electron chi connectivity index (χ4n) is 1.34. The van der Waals surface area contributed by atoms with Gasteiger partial charge in [-0.05, 0) is 39.3 Å². The van der Waals surface area contributed by atoms with Crippen LogP contribution in [-0.4, -0.2) is 33.0 Å². The fourth-order valence-corrected chi connectivity index (χ4v) is 2.46. The Balaban J connectivity index is 2.98. The van der Waals surface area contributed by atoms with Gasteiger partial charge in [0, 0.05) is 11.3 Å². The molecule has 0 radical (unpaired) electrons. The Hall–Kier alpha value is -0.720. The average Bonchev–Trinajstić information content (AvgIpc) is 2.37. The second-order valence-electron chi connectivity index (χ2n) is 4.52. The molecule has 2 N–H and O–H groups in total. The number of hydrogen-bond donors (Lipinski definition) is 2. The van der Waals surface area contributed by atoms with Crippen LogP contribution in [0.2, 0.25) is 0 Å². The lowest BCUT2D eigenvalue weighted by Gasteiger charge is -2.23. The monoisotopic (exact) mass is 288 g/mol. The van der Waals surface area contributed by atoms with Crippen molar-refractivity contribution in [1.82, 2.24) is 4.72 Å². The van der Waals surface area contributed by atoms with E-state index in [9.17, 15) is 8.42 Å². The Kier molecular flexibility index (Phi) is 5.07. The molecule has 0 bridgehead atoms. The van der Waals surface area contributed by atoms with E-state index in [1.54, 1.807) is 30.0 Å². The summed E-state index contributed by atoms with van der Waals surface area (Å²) in [5, 5.41) is 3.20. The minimum Gasteiger partial charge on any atom is -0.383 e. The third-order valence-electron chi connectivity index (χ3n) is 2.70. The van der Waals surface area contributed by atoms with Gasteiger partial charge in [0.15, 0.2) is 0 Å². The highest BCUT2D eigenvalue weighted by atomic mass is 32.2. The van der Waals surface area contributed by atoms with Crippen LogP contribution in [0.1, 0.15) is 13.8 Å². The van der Waals surface area contributed by atoms with Crippen LogP contribution in [0, 0.1) is 0 Å². The van der Waals surface area contributed by atoms with Crippen molar-refractivity contribution in [3.8, 4) is 0 Å². The molecular weight excluding hydrogens is 268 g/mol. The maximum atomic E-state index is 11.9. The van der Waals surface area contributed by atoms with Gasteiger partial charge in [-0.2, -0.15) is 11.8 Å². The molecular formula is C12H20N2O2S2. The van der Waals surface area contributed by atoms with E-state index >= 15 is 0 Å². The van der Waals surface area contributed by atoms with E-state index in [1.165, 1.54) is 7.05 Å². The van der Waals surface area contributed by atoms with Crippen molar-refractivity contribution in [1.29, 1.82) is 0 Å². The second-order valence-corrected chi connectivity index (χ2v) is 7.89. The van der Waals surface area contributed by atoms with Crippen LogP contribution in [0.4, 0.5) is 5.69 Å². The van der Waals surface area contributed by atoms with Crippen LogP contribution in [0.25, 0.3) is 0 Å². The van der Waals surface area contributed by atoms with Crippen LogP contribution in [0.15, 0.2) is 29.2 Å². The maximum absolute atomic E-state index is 11.9. The first-order valence-electron chi connectivity index (χ1n) is 5.64. The van der Waals surface area contributed by atoms with Crippen molar-refractivity contribution in [3.05, 3.63) is 24.3 Å². The summed E-state index contributed by atoms with van der Waals surface area (Å²) in [6.07, 6.45) is 2.04.